The minimum Gasteiger partial charge on any atom is -0.261 e. The number of pyridine rings is 1. The molecule has 0 saturated heterocycles. The molecule has 0 unspecified atom stereocenters. The first-order valence-corrected chi connectivity index (χ1v) is 5.96. The Balaban J connectivity index is 2.27. The quantitative estimate of drug-likeness (QED) is 0.782. The molecule has 88 valence electrons. The number of rotatable bonds is 3. The lowest BCUT2D eigenvalue weighted by atomic mass is 10.2. The summed E-state index contributed by atoms with van der Waals surface area (Å²) in [5.41, 5.74) is 1.89. The topological polar surface area (TPSA) is 38.7 Å². The number of aromatic nitrogens is 3. The van der Waals surface area contributed by atoms with Gasteiger partial charge in [-0.05, 0) is 18.2 Å². The van der Waals surface area contributed by atoms with E-state index in [1.54, 1.807) is 12.3 Å². The van der Waals surface area contributed by atoms with Crippen molar-refractivity contribution in [3.05, 3.63) is 52.8 Å². The maximum Gasteiger partial charge on any atom is 0.133 e. The van der Waals surface area contributed by atoms with Crippen molar-refractivity contribution in [1.29, 1.82) is 0 Å². The fourth-order valence-corrected chi connectivity index (χ4v) is 1.73. The van der Waals surface area contributed by atoms with Crippen LogP contribution in [-0.4, -0.2) is 15.0 Å². The van der Waals surface area contributed by atoms with Crippen LogP contribution in [-0.2, 0) is 6.42 Å². The van der Waals surface area contributed by atoms with E-state index in [0.717, 1.165) is 17.2 Å². The number of hydrogen-bond acceptors (Lipinski definition) is 3. The Morgan fingerprint density at radius 1 is 1.18 bits per heavy atom. The predicted molar refractivity (Wildman–Crippen MR) is 68.2 cm³/mol. The van der Waals surface area contributed by atoms with Gasteiger partial charge in [0.2, 0.25) is 0 Å². The fourth-order valence-electron chi connectivity index (χ4n) is 1.52. The van der Waals surface area contributed by atoms with Crippen LogP contribution in [0.15, 0.2) is 30.5 Å². The Morgan fingerprint density at radius 2 is 2.00 bits per heavy atom. The van der Waals surface area contributed by atoms with Gasteiger partial charge in [0.05, 0.1) is 5.69 Å². The van der Waals surface area contributed by atoms with E-state index in [1.165, 1.54) is 0 Å². The number of nitrogens with zero attached hydrogens (tertiary/aromatic N) is 3. The molecule has 0 atom stereocenters. The third-order valence-electron chi connectivity index (χ3n) is 2.37. The van der Waals surface area contributed by atoms with E-state index in [4.69, 9.17) is 11.6 Å². The molecule has 2 rings (SSSR count). The zero-order valence-corrected chi connectivity index (χ0v) is 10.6. The molecule has 0 aromatic carbocycles. The molecule has 0 aliphatic carbocycles. The van der Waals surface area contributed by atoms with Gasteiger partial charge in [0.15, 0.2) is 0 Å². The number of hydrogen-bond donors (Lipinski definition) is 0. The van der Waals surface area contributed by atoms with E-state index < -0.39 is 0 Å². The predicted octanol–water partition coefficient (Wildman–Crippen LogP) is 3.24. The summed E-state index contributed by atoms with van der Waals surface area (Å²) in [4.78, 5) is 13.0. The van der Waals surface area contributed by atoms with E-state index in [2.05, 4.69) is 28.8 Å². The van der Waals surface area contributed by atoms with Crippen molar-refractivity contribution in [2.24, 2.45) is 0 Å². The van der Waals surface area contributed by atoms with Crippen LogP contribution in [0.25, 0.3) is 0 Å². The summed E-state index contributed by atoms with van der Waals surface area (Å²) in [6.07, 6.45) is 2.46. The highest BCUT2D eigenvalue weighted by molar-refractivity contribution is 6.29. The third-order valence-corrected chi connectivity index (χ3v) is 2.56. The molecule has 0 spiro atoms. The molecule has 0 fully saturated rings. The minimum absolute atomic E-state index is 0.274. The van der Waals surface area contributed by atoms with Gasteiger partial charge in [-0.3, -0.25) is 4.98 Å². The molecule has 0 radical (unpaired) electrons. The third kappa shape index (κ3) is 3.24. The lowest BCUT2D eigenvalue weighted by Crippen LogP contribution is -2.03. The monoisotopic (exact) mass is 247 g/mol. The van der Waals surface area contributed by atoms with Crippen LogP contribution in [0.4, 0.5) is 0 Å². The summed E-state index contributed by atoms with van der Waals surface area (Å²) < 4.78 is 0. The standard InChI is InChI=1S/C13H14ClN3/c1-9(2)13-16-11(8-12(14)17-13)7-10-5-3-4-6-15-10/h3-6,8-9H,7H2,1-2H3. The van der Waals surface area contributed by atoms with Gasteiger partial charge in [-0.25, -0.2) is 9.97 Å². The Morgan fingerprint density at radius 3 is 2.65 bits per heavy atom. The molecular weight excluding hydrogens is 234 g/mol. The minimum atomic E-state index is 0.274. The maximum atomic E-state index is 5.99. The van der Waals surface area contributed by atoms with Crippen molar-refractivity contribution in [3.63, 3.8) is 0 Å². The van der Waals surface area contributed by atoms with Crippen molar-refractivity contribution < 1.29 is 0 Å². The van der Waals surface area contributed by atoms with Gasteiger partial charge >= 0.3 is 0 Å². The Labute approximate surface area is 106 Å². The summed E-state index contributed by atoms with van der Waals surface area (Å²) >= 11 is 5.99. The molecule has 3 nitrogen and oxygen atoms in total. The molecule has 17 heavy (non-hydrogen) atoms. The van der Waals surface area contributed by atoms with E-state index in [1.807, 2.05) is 18.2 Å². The summed E-state index contributed by atoms with van der Waals surface area (Å²) in [5.74, 6) is 1.06. The Hall–Kier alpha value is -1.48. The normalized spacial score (nSPS) is 10.8. The molecule has 0 aliphatic heterocycles. The van der Waals surface area contributed by atoms with Gasteiger partial charge in [0.1, 0.15) is 11.0 Å². The zero-order chi connectivity index (χ0) is 12.3. The van der Waals surface area contributed by atoms with Crippen LogP contribution in [0.5, 0.6) is 0 Å². The molecule has 0 aliphatic rings. The first-order valence-electron chi connectivity index (χ1n) is 5.58. The maximum absolute atomic E-state index is 5.99. The van der Waals surface area contributed by atoms with Gasteiger partial charge < -0.3 is 0 Å². The average Bonchev–Trinajstić information content (AvgIpc) is 2.29. The number of halogens is 1. The smallest absolute Gasteiger partial charge is 0.133 e. The molecule has 0 saturated carbocycles. The van der Waals surface area contributed by atoms with Crippen LogP contribution in [0.1, 0.15) is 37.0 Å². The first kappa shape index (κ1) is 12.0. The Kier molecular flexibility index (Phi) is 3.69. The SMILES string of the molecule is CC(C)c1nc(Cl)cc(Cc2ccccn2)n1. The molecular formula is C13H14ClN3. The zero-order valence-electron chi connectivity index (χ0n) is 9.89. The van der Waals surface area contributed by atoms with Crippen molar-refractivity contribution in [3.8, 4) is 0 Å². The van der Waals surface area contributed by atoms with E-state index in [-0.39, 0.29) is 5.92 Å². The van der Waals surface area contributed by atoms with Gasteiger partial charge in [0, 0.05) is 24.2 Å². The summed E-state index contributed by atoms with van der Waals surface area (Å²) in [5, 5.41) is 0.495. The van der Waals surface area contributed by atoms with Gasteiger partial charge in [-0.15, -0.1) is 0 Å². The van der Waals surface area contributed by atoms with Crippen molar-refractivity contribution >= 4 is 11.6 Å². The summed E-state index contributed by atoms with van der Waals surface area (Å²) in [6, 6.07) is 7.64. The van der Waals surface area contributed by atoms with Crippen LogP contribution >= 0.6 is 11.6 Å². The molecule has 0 amide bonds. The summed E-state index contributed by atoms with van der Waals surface area (Å²) in [7, 11) is 0. The second-order valence-corrected chi connectivity index (χ2v) is 4.58. The van der Waals surface area contributed by atoms with Gasteiger partial charge in [-0.2, -0.15) is 0 Å². The second-order valence-electron chi connectivity index (χ2n) is 4.19. The van der Waals surface area contributed by atoms with Gasteiger partial charge in [0.25, 0.3) is 0 Å². The van der Waals surface area contributed by atoms with E-state index >= 15 is 0 Å². The molecule has 0 bridgehead atoms. The van der Waals surface area contributed by atoms with E-state index in [9.17, 15) is 0 Å². The van der Waals surface area contributed by atoms with Crippen LogP contribution < -0.4 is 0 Å². The van der Waals surface area contributed by atoms with Crippen LogP contribution in [0, 0.1) is 0 Å². The molecule has 0 N–H and O–H groups in total. The highest BCUT2D eigenvalue weighted by Crippen LogP contribution is 2.15. The van der Waals surface area contributed by atoms with Crippen LogP contribution in [0.2, 0.25) is 5.15 Å². The van der Waals surface area contributed by atoms with Crippen molar-refractivity contribution in [2.45, 2.75) is 26.2 Å². The highest BCUT2D eigenvalue weighted by atomic mass is 35.5. The molecule has 2 aromatic heterocycles. The van der Waals surface area contributed by atoms with Crippen molar-refractivity contribution in [1.82, 2.24) is 15.0 Å². The van der Waals surface area contributed by atoms with E-state index in [0.29, 0.717) is 11.6 Å². The summed E-state index contributed by atoms with van der Waals surface area (Å²) in [6.45, 7) is 4.10. The average molecular weight is 248 g/mol. The fraction of sp³-hybridized carbons (Fsp3) is 0.308. The largest absolute Gasteiger partial charge is 0.261 e. The highest BCUT2D eigenvalue weighted by Gasteiger charge is 2.07. The van der Waals surface area contributed by atoms with Gasteiger partial charge in [-0.1, -0.05) is 31.5 Å². The lowest BCUT2D eigenvalue weighted by molar-refractivity contribution is 0.759. The Bertz CT molecular complexity index is 497. The molecule has 4 heteroatoms. The second kappa shape index (κ2) is 5.23. The van der Waals surface area contributed by atoms with Crippen molar-refractivity contribution in [2.75, 3.05) is 0 Å². The molecule has 2 aromatic rings. The van der Waals surface area contributed by atoms with Crippen LogP contribution in [0.3, 0.4) is 0 Å². The first-order chi connectivity index (χ1) is 8.15. The molecule has 2 heterocycles. The lowest BCUT2D eigenvalue weighted by Gasteiger charge is -2.07.